The molecule has 19 heavy (non-hydrogen) atoms. The van der Waals surface area contributed by atoms with Gasteiger partial charge in [0.2, 0.25) is 0 Å². The van der Waals surface area contributed by atoms with E-state index in [4.69, 9.17) is 9.47 Å². The largest absolute Gasteiger partial charge is 0.491 e. The van der Waals surface area contributed by atoms with E-state index in [0.717, 1.165) is 18.6 Å². The Hall–Kier alpha value is -1.22. The van der Waals surface area contributed by atoms with E-state index in [2.05, 4.69) is 17.4 Å². The lowest BCUT2D eigenvalue weighted by Gasteiger charge is -2.29. The van der Waals surface area contributed by atoms with Gasteiger partial charge in [0.15, 0.2) is 0 Å². The van der Waals surface area contributed by atoms with Crippen LogP contribution in [0.4, 0.5) is 5.69 Å². The molecule has 0 spiro atoms. The number of methoxy groups -OCH3 is 1. The van der Waals surface area contributed by atoms with Gasteiger partial charge in [-0.3, -0.25) is 0 Å². The number of rotatable bonds is 5. The molecule has 0 bridgehead atoms. The minimum absolute atomic E-state index is 0.225. The molecule has 0 saturated heterocycles. The summed E-state index contributed by atoms with van der Waals surface area (Å²) in [7, 11) is 1.81. The fourth-order valence-corrected chi connectivity index (χ4v) is 2.58. The summed E-state index contributed by atoms with van der Waals surface area (Å²) in [5.41, 5.74) is 1.18. The van der Waals surface area contributed by atoms with Crippen LogP contribution in [0.3, 0.4) is 0 Å². The van der Waals surface area contributed by atoms with Crippen LogP contribution in [0.25, 0.3) is 0 Å². The van der Waals surface area contributed by atoms with E-state index in [1.54, 1.807) is 0 Å². The number of anilines is 1. The van der Waals surface area contributed by atoms with Crippen molar-refractivity contribution >= 4 is 5.69 Å². The molecule has 106 valence electrons. The minimum Gasteiger partial charge on any atom is -0.491 e. The second-order valence-corrected chi connectivity index (χ2v) is 5.54. The first-order chi connectivity index (χ1) is 9.17. The highest BCUT2D eigenvalue weighted by atomic mass is 16.5. The van der Waals surface area contributed by atoms with Crippen LogP contribution in [0.2, 0.25) is 0 Å². The molecule has 3 nitrogen and oxygen atoms in total. The molecule has 3 heteroatoms. The standard InChI is InChI=1S/C16H25NO2/c1-12(2)19-16-10-6-14(7-11-16)17-13-4-8-15(18-3)9-5-13/h6-7,10-13,15,17H,4-5,8-9H2,1-3H3. The summed E-state index contributed by atoms with van der Waals surface area (Å²) in [5.74, 6) is 0.934. The van der Waals surface area contributed by atoms with E-state index in [9.17, 15) is 0 Å². The third-order valence-corrected chi connectivity index (χ3v) is 3.60. The number of benzene rings is 1. The fourth-order valence-electron chi connectivity index (χ4n) is 2.58. The van der Waals surface area contributed by atoms with Crippen LogP contribution in [0, 0.1) is 0 Å². The lowest BCUT2D eigenvalue weighted by atomic mass is 9.93. The van der Waals surface area contributed by atoms with Crippen molar-refractivity contribution in [3.63, 3.8) is 0 Å². The average molecular weight is 263 g/mol. The highest BCUT2D eigenvalue weighted by Gasteiger charge is 2.20. The van der Waals surface area contributed by atoms with Gasteiger partial charge < -0.3 is 14.8 Å². The van der Waals surface area contributed by atoms with Gasteiger partial charge in [0.25, 0.3) is 0 Å². The number of hydrogen-bond acceptors (Lipinski definition) is 3. The molecule has 0 heterocycles. The topological polar surface area (TPSA) is 30.5 Å². The first-order valence-corrected chi connectivity index (χ1v) is 7.23. The number of hydrogen-bond donors (Lipinski definition) is 1. The molecule has 1 aliphatic carbocycles. The van der Waals surface area contributed by atoms with Gasteiger partial charge in [-0.25, -0.2) is 0 Å². The number of nitrogens with one attached hydrogen (secondary N) is 1. The lowest BCUT2D eigenvalue weighted by molar-refractivity contribution is 0.0682. The van der Waals surface area contributed by atoms with E-state index in [1.165, 1.54) is 18.5 Å². The number of ether oxygens (including phenoxy) is 2. The van der Waals surface area contributed by atoms with Crippen LogP contribution in [0.5, 0.6) is 5.75 Å². The summed E-state index contributed by atoms with van der Waals surface area (Å²) >= 11 is 0. The third-order valence-electron chi connectivity index (χ3n) is 3.60. The van der Waals surface area contributed by atoms with Crippen molar-refractivity contribution < 1.29 is 9.47 Å². The summed E-state index contributed by atoms with van der Waals surface area (Å²) in [6, 6.07) is 8.83. The summed E-state index contributed by atoms with van der Waals surface area (Å²) in [6.45, 7) is 4.08. The van der Waals surface area contributed by atoms with Crippen molar-refractivity contribution in [3.05, 3.63) is 24.3 Å². The van der Waals surface area contributed by atoms with Gasteiger partial charge in [-0.1, -0.05) is 0 Å². The smallest absolute Gasteiger partial charge is 0.119 e. The van der Waals surface area contributed by atoms with Crippen LogP contribution < -0.4 is 10.1 Å². The Labute approximate surface area is 116 Å². The molecule has 1 aliphatic rings. The molecule has 0 radical (unpaired) electrons. The first kappa shape index (κ1) is 14.2. The zero-order valence-corrected chi connectivity index (χ0v) is 12.2. The molecule has 0 amide bonds. The highest BCUT2D eigenvalue weighted by molar-refractivity contribution is 5.47. The van der Waals surface area contributed by atoms with Crippen molar-refractivity contribution in [2.75, 3.05) is 12.4 Å². The van der Waals surface area contributed by atoms with Crippen LogP contribution >= 0.6 is 0 Å². The molecular formula is C16H25NO2. The molecule has 2 rings (SSSR count). The Morgan fingerprint density at radius 1 is 1.05 bits per heavy atom. The van der Waals surface area contributed by atoms with Crippen LogP contribution in [-0.2, 0) is 4.74 Å². The Kier molecular flexibility index (Phi) is 5.08. The van der Waals surface area contributed by atoms with Crippen molar-refractivity contribution in [2.45, 2.75) is 57.8 Å². The SMILES string of the molecule is COC1CCC(Nc2ccc(OC(C)C)cc2)CC1. The van der Waals surface area contributed by atoms with E-state index in [-0.39, 0.29) is 6.10 Å². The minimum atomic E-state index is 0.225. The van der Waals surface area contributed by atoms with Gasteiger partial charge >= 0.3 is 0 Å². The van der Waals surface area contributed by atoms with Crippen LogP contribution in [0.15, 0.2) is 24.3 Å². The Morgan fingerprint density at radius 2 is 1.68 bits per heavy atom. The summed E-state index contributed by atoms with van der Waals surface area (Å²) in [6.07, 6.45) is 5.36. The fraction of sp³-hybridized carbons (Fsp3) is 0.625. The molecule has 0 atom stereocenters. The monoisotopic (exact) mass is 263 g/mol. The first-order valence-electron chi connectivity index (χ1n) is 7.23. The second-order valence-electron chi connectivity index (χ2n) is 5.54. The molecule has 0 unspecified atom stereocenters. The summed E-state index contributed by atoms with van der Waals surface area (Å²) in [5, 5.41) is 3.59. The maximum absolute atomic E-state index is 5.64. The molecule has 1 fully saturated rings. The van der Waals surface area contributed by atoms with Crippen molar-refractivity contribution in [1.29, 1.82) is 0 Å². The molecule has 1 aromatic carbocycles. The Morgan fingerprint density at radius 3 is 2.21 bits per heavy atom. The van der Waals surface area contributed by atoms with Gasteiger partial charge in [0, 0.05) is 18.8 Å². The highest BCUT2D eigenvalue weighted by Crippen LogP contribution is 2.24. The average Bonchev–Trinajstić information content (AvgIpc) is 2.41. The van der Waals surface area contributed by atoms with E-state index < -0.39 is 0 Å². The van der Waals surface area contributed by atoms with E-state index in [0.29, 0.717) is 12.1 Å². The predicted molar refractivity (Wildman–Crippen MR) is 78.9 cm³/mol. The van der Waals surface area contributed by atoms with Gasteiger partial charge in [-0.2, -0.15) is 0 Å². The van der Waals surface area contributed by atoms with Gasteiger partial charge in [0.1, 0.15) is 5.75 Å². The van der Waals surface area contributed by atoms with Crippen molar-refractivity contribution in [2.24, 2.45) is 0 Å². The molecule has 0 aliphatic heterocycles. The Balaban J connectivity index is 1.83. The molecule has 1 aromatic rings. The second kappa shape index (κ2) is 6.80. The zero-order chi connectivity index (χ0) is 13.7. The molecule has 1 saturated carbocycles. The van der Waals surface area contributed by atoms with E-state index >= 15 is 0 Å². The van der Waals surface area contributed by atoms with E-state index in [1.807, 2.05) is 33.1 Å². The van der Waals surface area contributed by atoms with Crippen LogP contribution in [0.1, 0.15) is 39.5 Å². The summed E-state index contributed by atoms with van der Waals surface area (Å²) in [4.78, 5) is 0. The maximum Gasteiger partial charge on any atom is 0.119 e. The normalized spacial score (nSPS) is 23.4. The van der Waals surface area contributed by atoms with Crippen LogP contribution in [-0.4, -0.2) is 25.4 Å². The Bertz CT molecular complexity index is 367. The molecule has 0 aromatic heterocycles. The quantitative estimate of drug-likeness (QED) is 0.875. The van der Waals surface area contributed by atoms with Gasteiger partial charge in [0.05, 0.1) is 12.2 Å². The summed E-state index contributed by atoms with van der Waals surface area (Å²) < 4.78 is 11.0. The lowest BCUT2D eigenvalue weighted by Crippen LogP contribution is -2.29. The zero-order valence-electron chi connectivity index (χ0n) is 12.2. The predicted octanol–water partition coefficient (Wildman–Crippen LogP) is 3.84. The third kappa shape index (κ3) is 4.43. The molecular weight excluding hydrogens is 238 g/mol. The van der Waals surface area contributed by atoms with Crippen molar-refractivity contribution in [1.82, 2.24) is 0 Å². The van der Waals surface area contributed by atoms with Gasteiger partial charge in [-0.05, 0) is 63.8 Å². The van der Waals surface area contributed by atoms with Gasteiger partial charge in [-0.15, -0.1) is 0 Å². The maximum atomic E-state index is 5.64. The molecule has 1 N–H and O–H groups in total. The van der Waals surface area contributed by atoms with Crippen molar-refractivity contribution in [3.8, 4) is 5.75 Å².